The summed E-state index contributed by atoms with van der Waals surface area (Å²) in [5.74, 6) is 0. The Hall–Kier alpha value is -2.57. The summed E-state index contributed by atoms with van der Waals surface area (Å²) in [5.41, 5.74) is 2.70. The van der Waals surface area contributed by atoms with Crippen molar-refractivity contribution < 1.29 is 4.74 Å². The highest BCUT2D eigenvalue weighted by molar-refractivity contribution is 6.30. The third kappa shape index (κ3) is 3.50. The van der Waals surface area contributed by atoms with Gasteiger partial charge in [-0.05, 0) is 47.0 Å². The Kier molecular flexibility index (Phi) is 4.76. The van der Waals surface area contributed by atoms with Gasteiger partial charge in [-0.1, -0.05) is 77.8 Å². The van der Waals surface area contributed by atoms with Gasteiger partial charge in [-0.3, -0.25) is 0 Å². The van der Waals surface area contributed by atoms with E-state index in [-0.39, 0.29) is 6.10 Å². The van der Waals surface area contributed by atoms with Crippen LogP contribution >= 0.6 is 23.2 Å². The summed E-state index contributed by atoms with van der Waals surface area (Å²) < 4.78 is 6.20. The lowest BCUT2D eigenvalue weighted by Gasteiger charge is -2.11. The zero-order valence-corrected chi connectivity index (χ0v) is 15.8. The Morgan fingerprint density at radius 2 is 1.48 bits per heavy atom. The highest BCUT2D eigenvalue weighted by Gasteiger charge is 2.57. The van der Waals surface area contributed by atoms with E-state index < -0.39 is 5.60 Å². The van der Waals surface area contributed by atoms with Gasteiger partial charge < -0.3 is 4.74 Å². The maximum Gasteiger partial charge on any atom is 0.144 e. The number of rotatable bonds is 4. The lowest BCUT2D eigenvalue weighted by molar-refractivity contribution is 0.335. The van der Waals surface area contributed by atoms with Crippen LogP contribution in [0.1, 0.15) is 22.8 Å². The number of epoxide rings is 1. The number of halogens is 2. The van der Waals surface area contributed by atoms with E-state index in [0.717, 1.165) is 16.7 Å². The van der Waals surface area contributed by atoms with Crippen molar-refractivity contribution in [1.82, 2.24) is 0 Å². The quantitative estimate of drug-likeness (QED) is 0.372. The second-order valence-corrected chi connectivity index (χ2v) is 7.26. The van der Waals surface area contributed by atoms with Gasteiger partial charge in [0.15, 0.2) is 0 Å². The first-order valence-electron chi connectivity index (χ1n) is 8.50. The van der Waals surface area contributed by atoms with Gasteiger partial charge in [-0.2, -0.15) is 5.26 Å². The highest BCUT2D eigenvalue weighted by Crippen LogP contribution is 2.59. The molecule has 132 valence electrons. The second-order valence-electron chi connectivity index (χ2n) is 6.39. The van der Waals surface area contributed by atoms with Gasteiger partial charge in [0.1, 0.15) is 11.7 Å². The van der Waals surface area contributed by atoms with Crippen LogP contribution in [0.3, 0.4) is 0 Å². The van der Waals surface area contributed by atoms with Gasteiger partial charge >= 0.3 is 0 Å². The second kappa shape index (κ2) is 7.21. The summed E-state index contributed by atoms with van der Waals surface area (Å²) >= 11 is 12.0. The van der Waals surface area contributed by atoms with Crippen LogP contribution in [0, 0.1) is 11.3 Å². The summed E-state index contributed by atoms with van der Waals surface area (Å²) in [5, 5.41) is 11.1. The first-order chi connectivity index (χ1) is 13.1. The molecule has 1 aliphatic heterocycles. The molecule has 2 nitrogen and oxygen atoms in total. The molecule has 1 fully saturated rings. The van der Waals surface area contributed by atoms with E-state index in [2.05, 4.69) is 6.07 Å². The molecule has 0 amide bonds. The smallest absolute Gasteiger partial charge is 0.144 e. The molecule has 1 heterocycles. The molecule has 0 saturated carbocycles. The number of ether oxygens (including phenoxy) is 1. The van der Waals surface area contributed by atoms with E-state index in [1.165, 1.54) is 0 Å². The maximum atomic E-state index is 9.76. The van der Waals surface area contributed by atoms with Crippen molar-refractivity contribution >= 4 is 28.8 Å². The van der Waals surface area contributed by atoms with Gasteiger partial charge in [-0.25, -0.2) is 0 Å². The molecule has 4 rings (SSSR count). The van der Waals surface area contributed by atoms with E-state index in [1.54, 1.807) is 12.1 Å². The van der Waals surface area contributed by atoms with Crippen molar-refractivity contribution in [3.05, 3.63) is 112 Å². The average Bonchev–Trinajstić information content (AvgIpc) is 3.44. The molecule has 0 N–H and O–H groups in total. The molecule has 3 aromatic rings. The number of benzene rings is 3. The molecule has 1 aliphatic rings. The summed E-state index contributed by atoms with van der Waals surface area (Å²) in [6.07, 6.45) is 1.73. The topological polar surface area (TPSA) is 36.3 Å². The molecule has 0 aliphatic carbocycles. The number of hydrogen-bond donors (Lipinski definition) is 0. The minimum atomic E-state index is -0.681. The van der Waals surface area contributed by atoms with E-state index in [4.69, 9.17) is 27.9 Å². The van der Waals surface area contributed by atoms with Crippen LogP contribution in [-0.2, 0) is 10.3 Å². The molecule has 0 unspecified atom stereocenters. The largest absolute Gasteiger partial charge is 0.351 e. The Labute approximate surface area is 168 Å². The number of nitriles is 1. The molecular weight excluding hydrogens is 377 g/mol. The molecule has 0 aromatic heterocycles. The standard InChI is InChI=1S/C23H15Cl2NO/c24-20-10-6-16(7-11-20)18(15-26)14-23(19-4-2-1-3-5-19)22(27-23)17-8-12-21(25)13-9-17/h1-14,22H/b18-14+/t22-,23+/m1/s1. The van der Waals surface area contributed by atoms with Crippen LogP contribution in [0.5, 0.6) is 0 Å². The fourth-order valence-corrected chi connectivity index (χ4v) is 3.50. The molecule has 1 saturated heterocycles. The summed E-state index contributed by atoms with van der Waals surface area (Å²) in [6.45, 7) is 0. The molecule has 0 spiro atoms. The summed E-state index contributed by atoms with van der Waals surface area (Å²) in [6, 6.07) is 27.1. The lowest BCUT2D eigenvalue weighted by atomic mass is 9.88. The van der Waals surface area contributed by atoms with Gasteiger partial charge in [-0.15, -0.1) is 0 Å². The van der Waals surface area contributed by atoms with Crippen molar-refractivity contribution in [3.63, 3.8) is 0 Å². The van der Waals surface area contributed by atoms with Crippen molar-refractivity contribution in [2.45, 2.75) is 11.7 Å². The van der Waals surface area contributed by atoms with Crippen LogP contribution in [-0.4, -0.2) is 0 Å². The van der Waals surface area contributed by atoms with Crippen LogP contribution < -0.4 is 0 Å². The van der Waals surface area contributed by atoms with Crippen LogP contribution in [0.25, 0.3) is 5.57 Å². The minimum absolute atomic E-state index is 0.173. The predicted octanol–water partition coefficient (Wildman–Crippen LogP) is 6.57. The normalized spacial score (nSPS) is 21.5. The molecule has 4 heteroatoms. The van der Waals surface area contributed by atoms with E-state index >= 15 is 0 Å². The van der Waals surface area contributed by atoms with E-state index in [0.29, 0.717) is 15.6 Å². The van der Waals surface area contributed by atoms with Crippen molar-refractivity contribution in [3.8, 4) is 6.07 Å². The minimum Gasteiger partial charge on any atom is -0.351 e. The number of allylic oxidation sites excluding steroid dienone is 1. The zero-order valence-electron chi connectivity index (χ0n) is 14.3. The molecule has 0 radical (unpaired) electrons. The summed E-state index contributed by atoms with van der Waals surface area (Å²) in [7, 11) is 0. The Bertz CT molecular complexity index is 1020. The van der Waals surface area contributed by atoms with Gasteiger partial charge in [0, 0.05) is 10.0 Å². The molecule has 2 atom stereocenters. The van der Waals surface area contributed by atoms with Crippen molar-refractivity contribution in [2.24, 2.45) is 0 Å². The van der Waals surface area contributed by atoms with Gasteiger partial charge in [0.25, 0.3) is 0 Å². The van der Waals surface area contributed by atoms with Gasteiger partial charge in [0.2, 0.25) is 0 Å². The Balaban J connectivity index is 1.79. The predicted molar refractivity (Wildman–Crippen MR) is 108 cm³/mol. The SMILES string of the molecule is N#C/C(=C\[C@@]1(c2ccccc2)O[C@@H]1c1ccc(Cl)cc1)c1ccc(Cl)cc1. The van der Waals surface area contributed by atoms with Gasteiger partial charge in [0.05, 0.1) is 11.6 Å². The Morgan fingerprint density at radius 1 is 0.889 bits per heavy atom. The van der Waals surface area contributed by atoms with Crippen LogP contribution in [0.2, 0.25) is 10.0 Å². The van der Waals surface area contributed by atoms with E-state index in [1.807, 2.05) is 72.8 Å². The number of hydrogen-bond acceptors (Lipinski definition) is 2. The first-order valence-corrected chi connectivity index (χ1v) is 9.26. The molecule has 0 bridgehead atoms. The van der Waals surface area contributed by atoms with Crippen molar-refractivity contribution in [1.29, 1.82) is 5.26 Å². The molecule has 3 aromatic carbocycles. The highest BCUT2D eigenvalue weighted by atomic mass is 35.5. The fourth-order valence-electron chi connectivity index (χ4n) is 3.25. The number of nitrogens with zero attached hydrogens (tertiary/aromatic N) is 1. The third-order valence-corrected chi connectivity index (χ3v) is 5.18. The lowest BCUT2D eigenvalue weighted by Crippen LogP contribution is -2.07. The summed E-state index contributed by atoms with van der Waals surface area (Å²) in [4.78, 5) is 0. The zero-order chi connectivity index (χ0) is 18.9. The van der Waals surface area contributed by atoms with E-state index in [9.17, 15) is 5.26 Å². The molecular formula is C23H15Cl2NO. The molecule has 27 heavy (non-hydrogen) atoms. The average molecular weight is 392 g/mol. The van der Waals surface area contributed by atoms with Crippen molar-refractivity contribution in [2.75, 3.05) is 0 Å². The maximum absolute atomic E-state index is 9.76. The van der Waals surface area contributed by atoms with Crippen LogP contribution in [0.15, 0.2) is 84.9 Å². The first kappa shape index (κ1) is 17.8. The Morgan fingerprint density at radius 3 is 2.07 bits per heavy atom. The monoisotopic (exact) mass is 391 g/mol. The third-order valence-electron chi connectivity index (χ3n) is 4.68. The van der Waals surface area contributed by atoms with Crippen LogP contribution in [0.4, 0.5) is 0 Å². The fraction of sp³-hybridized carbons (Fsp3) is 0.0870.